The maximum atomic E-state index is 5.96. The predicted molar refractivity (Wildman–Crippen MR) is 85.2 cm³/mol. The van der Waals surface area contributed by atoms with Gasteiger partial charge in [0.2, 0.25) is 11.7 Å². The fourth-order valence-corrected chi connectivity index (χ4v) is 2.87. The first-order valence-electron chi connectivity index (χ1n) is 6.28. The van der Waals surface area contributed by atoms with Gasteiger partial charge in [0.15, 0.2) is 0 Å². The quantitative estimate of drug-likeness (QED) is 0.575. The molecule has 0 amide bonds. The van der Waals surface area contributed by atoms with Crippen LogP contribution < -0.4 is 5.73 Å². The Bertz CT molecular complexity index is 746. The van der Waals surface area contributed by atoms with Crippen molar-refractivity contribution in [2.75, 3.05) is 5.73 Å². The first-order chi connectivity index (χ1) is 10.2. The van der Waals surface area contributed by atoms with E-state index < -0.39 is 0 Å². The zero-order chi connectivity index (χ0) is 14.7. The van der Waals surface area contributed by atoms with Crippen molar-refractivity contribution in [2.24, 2.45) is 0 Å². The molecule has 21 heavy (non-hydrogen) atoms. The summed E-state index contributed by atoms with van der Waals surface area (Å²) in [5, 5.41) is 4.64. The first-order valence-corrected chi connectivity index (χ1v) is 7.64. The second-order valence-corrected chi connectivity index (χ2v) is 5.80. The summed E-state index contributed by atoms with van der Waals surface area (Å²) in [6.45, 7) is 0. The summed E-state index contributed by atoms with van der Waals surface area (Å²) in [6.07, 6.45) is 0. The number of aromatic nitrogens is 2. The van der Waals surface area contributed by atoms with E-state index >= 15 is 0 Å². The summed E-state index contributed by atoms with van der Waals surface area (Å²) in [7, 11) is 0. The molecule has 3 aromatic rings. The molecule has 0 fully saturated rings. The molecule has 0 atom stereocenters. The van der Waals surface area contributed by atoms with Crippen LogP contribution in [-0.2, 0) is 5.75 Å². The van der Waals surface area contributed by atoms with Crippen LogP contribution in [0.3, 0.4) is 0 Å². The van der Waals surface area contributed by atoms with E-state index in [0.29, 0.717) is 28.2 Å². The fraction of sp³-hybridized carbons (Fsp3) is 0.0667. The molecule has 0 aliphatic carbocycles. The van der Waals surface area contributed by atoms with Gasteiger partial charge in [-0.15, -0.1) is 11.8 Å². The Balaban J connectivity index is 1.72. The molecule has 106 valence electrons. The number of nitrogens with zero attached hydrogens (tertiary/aromatic N) is 2. The van der Waals surface area contributed by atoms with Crippen LogP contribution in [0.15, 0.2) is 57.9 Å². The van der Waals surface area contributed by atoms with E-state index in [0.717, 1.165) is 10.5 Å². The van der Waals surface area contributed by atoms with E-state index in [-0.39, 0.29) is 0 Å². The number of rotatable bonds is 4. The number of thioether (sulfide) groups is 1. The Hall–Kier alpha value is -1.98. The average Bonchev–Trinajstić information content (AvgIpc) is 2.98. The van der Waals surface area contributed by atoms with Gasteiger partial charge in [-0.2, -0.15) is 4.98 Å². The van der Waals surface area contributed by atoms with Crippen molar-refractivity contribution in [3.63, 3.8) is 0 Å². The van der Waals surface area contributed by atoms with Crippen LogP contribution in [0.25, 0.3) is 11.4 Å². The third-order valence-corrected chi connectivity index (χ3v) is 4.12. The number of anilines is 1. The maximum Gasteiger partial charge on any atom is 0.237 e. The van der Waals surface area contributed by atoms with Crippen molar-refractivity contribution >= 4 is 29.1 Å². The van der Waals surface area contributed by atoms with Gasteiger partial charge in [-0.05, 0) is 18.2 Å². The Morgan fingerprint density at radius 3 is 2.76 bits per heavy atom. The van der Waals surface area contributed by atoms with Gasteiger partial charge in [-0.3, -0.25) is 0 Å². The standard InChI is InChI=1S/C15H12ClN3OS/c16-11-6-7-12(17)13(8-11)21-9-14-18-15(19-20-14)10-4-2-1-3-5-10/h1-8H,9,17H2. The molecule has 4 nitrogen and oxygen atoms in total. The van der Waals surface area contributed by atoms with Gasteiger partial charge < -0.3 is 10.3 Å². The molecule has 1 heterocycles. The summed E-state index contributed by atoms with van der Waals surface area (Å²) in [4.78, 5) is 5.28. The number of nitrogen functional groups attached to an aromatic ring is 1. The second kappa shape index (κ2) is 6.20. The smallest absolute Gasteiger partial charge is 0.237 e. The van der Waals surface area contributed by atoms with E-state index in [4.69, 9.17) is 21.9 Å². The van der Waals surface area contributed by atoms with E-state index in [2.05, 4.69) is 10.1 Å². The van der Waals surface area contributed by atoms with Crippen molar-refractivity contribution in [2.45, 2.75) is 10.6 Å². The molecular weight excluding hydrogens is 306 g/mol. The van der Waals surface area contributed by atoms with Gasteiger partial charge in [0.1, 0.15) is 0 Å². The highest BCUT2D eigenvalue weighted by Crippen LogP contribution is 2.30. The molecule has 1 aromatic heterocycles. The van der Waals surface area contributed by atoms with Crippen LogP contribution in [0.4, 0.5) is 5.69 Å². The SMILES string of the molecule is Nc1ccc(Cl)cc1SCc1nc(-c2ccccc2)no1. The van der Waals surface area contributed by atoms with E-state index in [1.807, 2.05) is 36.4 Å². The highest BCUT2D eigenvalue weighted by Gasteiger charge is 2.09. The molecule has 0 saturated heterocycles. The van der Waals surface area contributed by atoms with Crippen LogP contribution in [0.2, 0.25) is 5.02 Å². The number of hydrogen-bond donors (Lipinski definition) is 1. The summed E-state index contributed by atoms with van der Waals surface area (Å²) in [6, 6.07) is 15.1. The third-order valence-electron chi connectivity index (χ3n) is 2.83. The molecule has 0 bridgehead atoms. The van der Waals surface area contributed by atoms with Crippen LogP contribution in [0.5, 0.6) is 0 Å². The van der Waals surface area contributed by atoms with Crippen LogP contribution in [-0.4, -0.2) is 10.1 Å². The molecule has 2 N–H and O–H groups in total. The number of halogens is 1. The van der Waals surface area contributed by atoms with Crippen molar-refractivity contribution in [1.29, 1.82) is 0 Å². The van der Waals surface area contributed by atoms with Gasteiger partial charge in [-0.1, -0.05) is 47.1 Å². The van der Waals surface area contributed by atoms with Crippen molar-refractivity contribution in [3.8, 4) is 11.4 Å². The van der Waals surface area contributed by atoms with Crippen molar-refractivity contribution in [1.82, 2.24) is 10.1 Å². The molecule has 0 spiro atoms. The lowest BCUT2D eigenvalue weighted by atomic mass is 10.2. The molecule has 0 radical (unpaired) electrons. The minimum atomic E-state index is 0.546. The molecule has 0 unspecified atom stereocenters. The van der Waals surface area contributed by atoms with E-state index in [1.54, 1.807) is 12.1 Å². The van der Waals surface area contributed by atoms with Crippen LogP contribution in [0.1, 0.15) is 5.89 Å². The lowest BCUT2D eigenvalue weighted by Gasteiger charge is -2.03. The minimum Gasteiger partial charge on any atom is -0.398 e. The molecular formula is C15H12ClN3OS. The molecule has 2 aromatic carbocycles. The predicted octanol–water partition coefficient (Wildman–Crippen LogP) is 4.26. The van der Waals surface area contributed by atoms with Gasteiger partial charge in [0, 0.05) is 21.2 Å². The largest absolute Gasteiger partial charge is 0.398 e. The average molecular weight is 318 g/mol. The third kappa shape index (κ3) is 3.37. The highest BCUT2D eigenvalue weighted by molar-refractivity contribution is 7.98. The summed E-state index contributed by atoms with van der Waals surface area (Å²) >= 11 is 7.48. The topological polar surface area (TPSA) is 64.9 Å². The minimum absolute atomic E-state index is 0.546. The summed E-state index contributed by atoms with van der Waals surface area (Å²) in [5.74, 6) is 1.69. The van der Waals surface area contributed by atoms with E-state index in [9.17, 15) is 0 Å². The maximum absolute atomic E-state index is 5.96. The summed E-state index contributed by atoms with van der Waals surface area (Å²) < 4.78 is 5.26. The zero-order valence-electron chi connectivity index (χ0n) is 11.0. The Morgan fingerprint density at radius 2 is 1.95 bits per heavy atom. The lowest BCUT2D eigenvalue weighted by Crippen LogP contribution is -1.89. The highest BCUT2D eigenvalue weighted by atomic mass is 35.5. The fourth-order valence-electron chi connectivity index (χ4n) is 1.79. The van der Waals surface area contributed by atoms with Crippen molar-refractivity contribution in [3.05, 3.63) is 59.4 Å². The van der Waals surface area contributed by atoms with Gasteiger partial charge in [0.05, 0.1) is 5.75 Å². The zero-order valence-corrected chi connectivity index (χ0v) is 12.6. The second-order valence-electron chi connectivity index (χ2n) is 4.35. The lowest BCUT2D eigenvalue weighted by molar-refractivity contribution is 0.391. The van der Waals surface area contributed by atoms with Gasteiger partial charge in [0.25, 0.3) is 0 Å². The molecule has 0 aliphatic rings. The van der Waals surface area contributed by atoms with Gasteiger partial charge in [-0.25, -0.2) is 0 Å². The molecule has 0 aliphatic heterocycles. The Labute approximate surface area is 131 Å². The Morgan fingerprint density at radius 1 is 1.14 bits per heavy atom. The molecule has 0 saturated carbocycles. The monoisotopic (exact) mass is 317 g/mol. The number of benzene rings is 2. The Kier molecular flexibility index (Phi) is 4.13. The van der Waals surface area contributed by atoms with Crippen LogP contribution in [0, 0.1) is 0 Å². The normalized spacial score (nSPS) is 10.7. The number of hydrogen-bond acceptors (Lipinski definition) is 5. The van der Waals surface area contributed by atoms with Crippen LogP contribution >= 0.6 is 23.4 Å². The molecule has 3 rings (SSSR count). The van der Waals surface area contributed by atoms with Gasteiger partial charge >= 0.3 is 0 Å². The van der Waals surface area contributed by atoms with Crippen molar-refractivity contribution < 1.29 is 4.52 Å². The number of nitrogens with two attached hydrogens (primary N) is 1. The van der Waals surface area contributed by atoms with E-state index in [1.165, 1.54) is 11.8 Å². The molecule has 6 heteroatoms. The summed E-state index contributed by atoms with van der Waals surface area (Å²) in [5.41, 5.74) is 7.52. The first kappa shape index (κ1) is 14.0.